The predicted octanol–water partition coefficient (Wildman–Crippen LogP) is 3.77. The highest BCUT2D eigenvalue weighted by Crippen LogP contribution is 2.24. The van der Waals surface area contributed by atoms with Gasteiger partial charge >= 0.3 is 0 Å². The van der Waals surface area contributed by atoms with E-state index in [4.69, 9.17) is 4.74 Å². The summed E-state index contributed by atoms with van der Waals surface area (Å²) < 4.78 is 7.05. The maximum atomic E-state index is 5.05. The summed E-state index contributed by atoms with van der Waals surface area (Å²) in [4.78, 5) is 0. The Morgan fingerprint density at radius 1 is 1.04 bits per heavy atom. The first-order valence-corrected chi connectivity index (χ1v) is 9.05. The Bertz CT molecular complexity index is 786. The van der Waals surface area contributed by atoms with Crippen LogP contribution in [0, 0.1) is 0 Å². The number of rotatable bonds is 7. The minimum atomic E-state index is 0.513. The summed E-state index contributed by atoms with van der Waals surface area (Å²) in [5.74, 6) is 2.73. The second-order valence-corrected chi connectivity index (χ2v) is 6.60. The van der Waals surface area contributed by atoms with Crippen molar-refractivity contribution in [2.45, 2.75) is 13.5 Å². The van der Waals surface area contributed by atoms with Crippen LogP contribution in [0.15, 0.2) is 48.7 Å². The zero-order valence-corrected chi connectivity index (χ0v) is 14.7. The monoisotopic (exact) mass is 340 g/mol. The summed E-state index contributed by atoms with van der Waals surface area (Å²) in [5, 5.41) is 12.9. The average molecular weight is 340 g/mol. The number of nitrogens with zero attached hydrogens (tertiary/aromatic N) is 4. The molecule has 2 aromatic heterocycles. The molecule has 0 saturated heterocycles. The first-order valence-electron chi connectivity index (χ1n) is 7.90. The molecule has 0 unspecified atom stereocenters. The lowest BCUT2D eigenvalue weighted by Crippen LogP contribution is -2.01. The second kappa shape index (κ2) is 7.97. The molecule has 24 heavy (non-hydrogen) atoms. The van der Waals surface area contributed by atoms with E-state index in [1.165, 1.54) is 0 Å². The van der Waals surface area contributed by atoms with E-state index in [0.29, 0.717) is 5.88 Å². The molecule has 0 amide bonds. The zero-order valence-electron chi connectivity index (χ0n) is 13.8. The molecule has 0 bridgehead atoms. The fourth-order valence-electron chi connectivity index (χ4n) is 2.36. The van der Waals surface area contributed by atoms with Crippen molar-refractivity contribution in [2.24, 2.45) is 0 Å². The second-order valence-electron chi connectivity index (χ2n) is 5.20. The number of hydrogen-bond donors (Lipinski definition) is 0. The molecule has 0 atom stereocenters. The fraction of sp³-hybridized carbons (Fsp3) is 0.278. The lowest BCUT2D eigenvalue weighted by atomic mass is 10.1. The molecule has 2 heterocycles. The van der Waals surface area contributed by atoms with Gasteiger partial charge in [0.2, 0.25) is 5.88 Å². The van der Waals surface area contributed by atoms with Crippen molar-refractivity contribution in [3.05, 3.63) is 48.7 Å². The third kappa shape index (κ3) is 3.94. The van der Waals surface area contributed by atoms with E-state index in [1.807, 2.05) is 46.9 Å². The first-order chi connectivity index (χ1) is 11.8. The number of aromatic nitrogens is 4. The summed E-state index contributed by atoms with van der Waals surface area (Å²) in [7, 11) is 1.58. The molecule has 0 fully saturated rings. The molecule has 3 aromatic rings. The van der Waals surface area contributed by atoms with Crippen molar-refractivity contribution < 1.29 is 4.74 Å². The van der Waals surface area contributed by atoms with E-state index in [2.05, 4.69) is 40.4 Å². The van der Waals surface area contributed by atoms with Crippen molar-refractivity contribution in [3.8, 4) is 28.4 Å². The van der Waals surface area contributed by atoms with Crippen LogP contribution < -0.4 is 4.74 Å². The maximum absolute atomic E-state index is 5.05. The van der Waals surface area contributed by atoms with Crippen molar-refractivity contribution in [1.82, 2.24) is 20.0 Å². The molecule has 1 aromatic carbocycles. The molecule has 0 radical (unpaired) electrons. The van der Waals surface area contributed by atoms with Crippen LogP contribution in [0.1, 0.15) is 6.92 Å². The molecule has 0 aliphatic carbocycles. The number of methoxy groups -OCH3 is 1. The van der Waals surface area contributed by atoms with Crippen LogP contribution in [0.2, 0.25) is 0 Å². The van der Waals surface area contributed by atoms with Crippen LogP contribution in [0.25, 0.3) is 22.5 Å². The largest absolute Gasteiger partial charge is 0.480 e. The zero-order chi connectivity index (χ0) is 16.8. The summed E-state index contributed by atoms with van der Waals surface area (Å²) >= 11 is 1.92. The third-order valence-corrected chi connectivity index (χ3v) is 4.49. The molecular weight excluding hydrogens is 320 g/mol. The van der Waals surface area contributed by atoms with Gasteiger partial charge in [-0.25, -0.2) is 0 Å². The van der Waals surface area contributed by atoms with E-state index < -0.39 is 0 Å². The molecule has 124 valence electrons. The average Bonchev–Trinajstić information content (AvgIpc) is 3.11. The fourth-order valence-corrected chi connectivity index (χ4v) is 2.97. The SMILES string of the molecule is CCSCCn1ccc(-c2cccc(-c3ccc(OC)nn3)c2)n1. The molecular formula is C18H20N4OS. The molecule has 0 saturated carbocycles. The van der Waals surface area contributed by atoms with E-state index >= 15 is 0 Å². The Kier molecular flexibility index (Phi) is 5.48. The Balaban J connectivity index is 1.79. The summed E-state index contributed by atoms with van der Waals surface area (Å²) in [5.41, 5.74) is 3.88. The van der Waals surface area contributed by atoms with E-state index in [1.54, 1.807) is 7.11 Å². The normalized spacial score (nSPS) is 10.8. The smallest absolute Gasteiger partial charge is 0.233 e. The lowest BCUT2D eigenvalue weighted by Gasteiger charge is -2.04. The summed E-state index contributed by atoms with van der Waals surface area (Å²) in [6, 6.07) is 14.0. The Morgan fingerprint density at radius 2 is 1.88 bits per heavy atom. The quantitative estimate of drug-likeness (QED) is 0.613. The molecule has 0 spiro atoms. The predicted molar refractivity (Wildman–Crippen MR) is 98.2 cm³/mol. The third-order valence-electron chi connectivity index (χ3n) is 3.61. The number of benzene rings is 1. The van der Waals surface area contributed by atoms with Crippen LogP contribution in [0.5, 0.6) is 5.88 Å². The van der Waals surface area contributed by atoms with Gasteiger partial charge in [0.15, 0.2) is 0 Å². The van der Waals surface area contributed by atoms with Gasteiger partial charge < -0.3 is 4.74 Å². The van der Waals surface area contributed by atoms with Gasteiger partial charge in [-0.3, -0.25) is 4.68 Å². The number of hydrogen-bond acceptors (Lipinski definition) is 5. The highest BCUT2D eigenvalue weighted by atomic mass is 32.2. The Hall–Kier alpha value is -2.34. The van der Waals surface area contributed by atoms with Gasteiger partial charge in [0, 0.05) is 35.7 Å². The number of ether oxygens (including phenoxy) is 1. The molecule has 3 rings (SSSR count). The molecule has 6 heteroatoms. The van der Waals surface area contributed by atoms with Gasteiger partial charge in [-0.1, -0.05) is 25.1 Å². The van der Waals surface area contributed by atoms with Gasteiger partial charge in [-0.2, -0.15) is 16.9 Å². The standard InChI is InChI=1S/C18H20N4OS/c1-3-24-12-11-22-10-9-17(21-22)15-6-4-5-14(13-15)16-7-8-18(23-2)20-19-16/h4-10,13H,3,11-12H2,1-2H3. The van der Waals surface area contributed by atoms with Gasteiger partial charge in [-0.05, 0) is 24.0 Å². The van der Waals surface area contributed by atoms with Crippen molar-refractivity contribution >= 4 is 11.8 Å². The van der Waals surface area contributed by atoms with Crippen molar-refractivity contribution in [2.75, 3.05) is 18.6 Å². The highest BCUT2D eigenvalue weighted by Gasteiger charge is 2.06. The van der Waals surface area contributed by atoms with E-state index in [0.717, 1.165) is 40.6 Å². The first kappa shape index (κ1) is 16.5. The molecule has 0 aliphatic heterocycles. The molecule has 0 aliphatic rings. The number of aryl methyl sites for hydroxylation is 1. The Morgan fingerprint density at radius 3 is 2.58 bits per heavy atom. The van der Waals surface area contributed by atoms with Gasteiger partial charge in [-0.15, -0.1) is 10.2 Å². The number of thioether (sulfide) groups is 1. The van der Waals surface area contributed by atoms with E-state index in [-0.39, 0.29) is 0 Å². The van der Waals surface area contributed by atoms with Crippen molar-refractivity contribution in [3.63, 3.8) is 0 Å². The van der Waals surface area contributed by atoms with Crippen LogP contribution in [0.3, 0.4) is 0 Å². The molecule has 0 N–H and O–H groups in total. The van der Waals surface area contributed by atoms with Crippen molar-refractivity contribution in [1.29, 1.82) is 0 Å². The van der Waals surface area contributed by atoms with Gasteiger partial charge in [0.05, 0.1) is 18.5 Å². The van der Waals surface area contributed by atoms with Crippen LogP contribution >= 0.6 is 11.8 Å². The minimum absolute atomic E-state index is 0.513. The highest BCUT2D eigenvalue weighted by molar-refractivity contribution is 7.99. The lowest BCUT2D eigenvalue weighted by molar-refractivity contribution is 0.392. The summed E-state index contributed by atoms with van der Waals surface area (Å²) in [6.07, 6.45) is 2.03. The topological polar surface area (TPSA) is 52.8 Å². The Labute approximate surface area is 146 Å². The van der Waals surface area contributed by atoms with Crippen LogP contribution in [0.4, 0.5) is 0 Å². The van der Waals surface area contributed by atoms with E-state index in [9.17, 15) is 0 Å². The summed E-state index contributed by atoms with van der Waals surface area (Å²) in [6.45, 7) is 3.11. The molecule has 5 nitrogen and oxygen atoms in total. The van der Waals surface area contributed by atoms with Gasteiger partial charge in [0.1, 0.15) is 0 Å². The minimum Gasteiger partial charge on any atom is -0.480 e. The van der Waals surface area contributed by atoms with Crippen LogP contribution in [-0.4, -0.2) is 38.6 Å². The van der Waals surface area contributed by atoms with Crippen LogP contribution in [-0.2, 0) is 6.54 Å². The maximum Gasteiger partial charge on any atom is 0.233 e. The van der Waals surface area contributed by atoms with Gasteiger partial charge in [0.25, 0.3) is 0 Å².